The van der Waals surface area contributed by atoms with Crippen molar-refractivity contribution in [1.29, 1.82) is 0 Å². The van der Waals surface area contributed by atoms with Crippen molar-refractivity contribution in [1.82, 2.24) is 20.0 Å². The smallest absolute Gasteiger partial charge is 0.300 e. The number of halogens is 1. The molecule has 0 spiro atoms. The quantitative estimate of drug-likeness (QED) is 0.214. The van der Waals surface area contributed by atoms with Gasteiger partial charge in [0.05, 0.1) is 19.7 Å². The van der Waals surface area contributed by atoms with Gasteiger partial charge in [-0.15, -0.1) is 10.2 Å². The van der Waals surface area contributed by atoms with Crippen LogP contribution in [0.1, 0.15) is 12.5 Å². The monoisotopic (exact) mass is 473 g/mol. The summed E-state index contributed by atoms with van der Waals surface area (Å²) >= 11 is 0.467. The average molecular weight is 473 g/mol. The minimum Gasteiger partial charge on any atom is -0.503 e. The van der Waals surface area contributed by atoms with E-state index >= 15 is 0 Å². The van der Waals surface area contributed by atoms with E-state index in [4.69, 9.17) is 4.84 Å². The fourth-order valence-corrected chi connectivity index (χ4v) is 3.89. The Morgan fingerprint density at radius 2 is 1.90 bits per heavy atom. The van der Waals surface area contributed by atoms with Crippen LogP contribution >= 0.6 is 11.3 Å². The Kier molecular flexibility index (Phi) is 7.73. The predicted molar refractivity (Wildman–Crippen MR) is 104 cm³/mol. The van der Waals surface area contributed by atoms with Crippen LogP contribution in [-0.2, 0) is 35.8 Å². The lowest BCUT2D eigenvalue weighted by molar-refractivity contribution is -0.173. The summed E-state index contributed by atoms with van der Waals surface area (Å²) in [6, 6.07) is 5.14. The summed E-state index contributed by atoms with van der Waals surface area (Å²) in [5, 5.41) is 19.4. The van der Waals surface area contributed by atoms with E-state index in [-0.39, 0.29) is 11.7 Å². The number of carbonyl (C=O) groups is 3. The average Bonchev–Trinajstić information content (AvgIpc) is 3.15. The standard InChI is InChI=1S/C16H16FN5O7S2/c1-9(23)18-15-19-20-16(30-15)31(27,28)21-14(26)12(24)7-13(25)22(29-2)8-10-3-5-11(17)6-4-10/h3-7,24H,8H2,1-2H3,(H,21,26)(H,18,19,23). The zero-order chi connectivity index (χ0) is 23.2. The number of amides is 3. The third kappa shape index (κ3) is 6.80. The van der Waals surface area contributed by atoms with Crippen LogP contribution in [0.25, 0.3) is 0 Å². The molecule has 166 valence electrons. The molecular formula is C16H16FN5O7S2. The Bertz CT molecular complexity index is 1120. The molecule has 0 atom stereocenters. The van der Waals surface area contributed by atoms with Crippen molar-refractivity contribution in [3.63, 3.8) is 0 Å². The lowest BCUT2D eigenvalue weighted by Gasteiger charge is -2.18. The highest BCUT2D eigenvalue weighted by Gasteiger charge is 2.25. The zero-order valence-corrected chi connectivity index (χ0v) is 17.7. The number of aliphatic hydroxyl groups excluding tert-OH is 1. The predicted octanol–water partition coefficient (Wildman–Crippen LogP) is 0.473. The Morgan fingerprint density at radius 1 is 1.26 bits per heavy atom. The first-order valence-corrected chi connectivity index (χ1v) is 10.5. The second-order valence-corrected chi connectivity index (χ2v) is 8.54. The largest absolute Gasteiger partial charge is 0.503 e. The van der Waals surface area contributed by atoms with Crippen molar-refractivity contribution in [2.45, 2.75) is 17.8 Å². The van der Waals surface area contributed by atoms with Gasteiger partial charge in [0.15, 0.2) is 5.76 Å². The third-order valence-corrected chi connectivity index (χ3v) is 5.88. The van der Waals surface area contributed by atoms with Crippen LogP contribution in [0.4, 0.5) is 9.52 Å². The maximum absolute atomic E-state index is 13.0. The van der Waals surface area contributed by atoms with Gasteiger partial charge >= 0.3 is 0 Å². The number of nitrogens with zero attached hydrogens (tertiary/aromatic N) is 3. The number of hydroxylamine groups is 2. The number of benzene rings is 1. The maximum Gasteiger partial charge on any atom is 0.300 e. The van der Waals surface area contributed by atoms with E-state index in [0.29, 0.717) is 23.0 Å². The molecule has 1 heterocycles. The molecular weight excluding hydrogens is 457 g/mol. The molecule has 0 aliphatic heterocycles. The molecule has 2 aromatic rings. The molecule has 1 aromatic carbocycles. The first kappa shape index (κ1) is 23.8. The number of hydrogen-bond donors (Lipinski definition) is 3. The molecule has 0 bridgehead atoms. The number of aromatic nitrogens is 2. The molecule has 0 saturated heterocycles. The Labute approximate surface area is 179 Å². The van der Waals surface area contributed by atoms with Crippen molar-refractivity contribution in [3.05, 3.63) is 47.5 Å². The SMILES string of the molecule is CON(Cc1ccc(F)cc1)C(=O)C=C(O)C(=O)NS(=O)(=O)c1nnc(NC(C)=O)s1. The van der Waals surface area contributed by atoms with Crippen molar-refractivity contribution in [3.8, 4) is 0 Å². The Morgan fingerprint density at radius 3 is 2.48 bits per heavy atom. The van der Waals surface area contributed by atoms with E-state index < -0.39 is 43.7 Å². The summed E-state index contributed by atoms with van der Waals surface area (Å²) in [7, 11) is -3.38. The zero-order valence-electron chi connectivity index (χ0n) is 16.0. The van der Waals surface area contributed by atoms with Gasteiger partial charge in [0, 0.05) is 6.92 Å². The lowest BCUT2D eigenvalue weighted by Crippen LogP contribution is -2.33. The Balaban J connectivity index is 2.07. The van der Waals surface area contributed by atoms with E-state index in [1.807, 2.05) is 0 Å². The molecule has 15 heteroatoms. The molecule has 0 aliphatic carbocycles. The van der Waals surface area contributed by atoms with Gasteiger partial charge in [0.1, 0.15) is 5.82 Å². The molecule has 1 aromatic heterocycles. The Hall–Kier alpha value is -3.43. The van der Waals surface area contributed by atoms with Gasteiger partial charge < -0.3 is 10.4 Å². The molecule has 2 rings (SSSR count). The van der Waals surface area contributed by atoms with Crippen molar-refractivity contribution in [2.75, 3.05) is 12.4 Å². The number of hydrogen-bond acceptors (Lipinski definition) is 10. The summed E-state index contributed by atoms with van der Waals surface area (Å²) in [6.45, 7) is 1.03. The summed E-state index contributed by atoms with van der Waals surface area (Å²) < 4.78 is 38.2. The molecule has 12 nitrogen and oxygen atoms in total. The second kappa shape index (κ2) is 10.1. The number of rotatable bonds is 8. The van der Waals surface area contributed by atoms with Crippen molar-refractivity contribution in [2.24, 2.45) is 0 Å². The molecule has 0 radical (unpaired) electrons. The molecule has 3 N–H and O–H groups in total. The summed E-state index contributed by atoms with van der Waals surface area (Å²) in [6.07, 6.45) is 0.445. The van der Waals surface area contributed by atoms with Crippen LogP contribution in [0.3, 0.4) is 0 Å². The van der Waals surface area contributed by atoms with E-state index in [0.717, 1.165) is 12.2 Å². The number of aliphatic hydroxyl groups is 1. The number of nitrogens with one attached hydrogen (secondary N) is 2. The highest BCUT2D eigenvalue weighted by atomic mass is 32.2. The fourth-order valence-electron chi connectivity index (χ4n) is 1.98. The van der Waals surface area contributed by atoms with Crippen LogP contribution in [0.2, 0.25) is 0 Å². The van der Waals surface area contributed by atoms with E-state index in [2.05, 4.69) is 15.5 Å². The fraction of sp³-hybridized carbons (Fsp3) is 0.188. The van der Waals surface area contributed by atoms with Crippen LogP contribution in [0.5, 0.6) is 0 Å². The van der Waals surface area contributed by atoms with E-state index in [1.54, 1.807) is 0 Å². The third-order valence-electron chi connectivity index (χ3n) is 3.34. The highest BCUT2D eigenvalue weighted by Crippen LogP contribution is 2.19. The topological polar surface area (TPSA) is 168 Å². The van der Waals surface area contributed by atoms with Gasteiger partial charge in [0.25, 0.3) is 26.2 Å². The van der Waals surface area contributed by atoms with Crippen LogP contribution < -0.4 is 10.0 Å². The van der Waals surface area contributed by atoms with Gasteiger partial charge in [0.2, 0.25) is 11.0 Å². The number of carbonyl (C=O) groups excluding carboxylic acids is 3. The van der Waals surface area contributed by atoms with Gasteiger partial charge in [-0.1, -0.05) is 23.5 Å². The molecule has 0 fully saturated rings. The van der Waals surface area contributed by atoms with Crippen LogP contribution in [0, 0.1) is 5.82 Å². The van der Waals surface area contributed by atoms with Crippen molar-refractivity contribution >= 4 is 44.2 Å². The molecule has 3 amide bonds. The first-order valence-electron chi connectivity index (χ1n) is 8.20. The van der Waals surface area contributed by atoms with Crippen LogP contribution in [-0.4, -0.2) is 53.6 Å². The van der Waals surface area contributed by atoms with Crippen molar-refractivity contribution < 1.29 is 37.1 Å². The summed E-state index contributed by atoms with van der Waals surface area (Å²) in [4.78, 5) is 40.0. The summed E-state index contributed by atoms with van der Waals surface area (Å²) in [5.41, 5.74) is 0.489. The van der Waals surface area contributed by atoms with Gasteiger partial charge in [-0.05, 0) is 17.7 Å². The maximum atomic E-state index is 13.0. The minimum absolute atomic E-state index is 0.119. The van der Waals surface area contributed by atoms with Gasteiger partial charge in [-0.25, -0.2) is 14.2 Å². The van der Waals surface area contributed by atoms with Gasteiger partial charge in [-0.2, -0.15) is 8.42 Å². The minimum atomic E-state index is -4.53. The van der Waals surface area contributed by atoms with E-state index in [9.17, 15) is 32.3 Å². The van der Waals surface area contributed by atoms with Crippen LogP contribution in [0.15, 0.2) is 40.4 Å². The normalized spacial score (nSPS) is 11.6. The van der Waals surface area contributed by atoms with Gasteiger partial charge in [-0.3, -0.25) is 19.2 Å². The number of anilines is 1. The highest BCUT2D eigenvalue weighted by molar-refractivity contribution is 7.92. The second-order valence-electron chi connectivity index (χ2n) is 5.70. The molecule has 31 heavy (non-hydrogen) atoms. The molecule has 0 saturated carbocycles. The lowest BCUT2D eigenvalue weighted by atomic mass is 10.2. The molecule has 0 unspecified atom stereocenters. The molecule has 0 aliphatic rings. The van der Waals surface area contributed by atoms with E-state index in [1.165, 1.54) is 35.9 Å². The summed E-state index contributed by atoms with van der Waals surface area (Å²) in [5.74, 6) is -4.70. The first-order chi connectivity index (χ1) is 14.5. The number of sulfonamides is 1.